The molecular weight excluding hydrogens is 703 g/mol. The van der Waals surface area contributed by atoms with Gasteiger partial charge in [-0.1, -0.05) is 60.7 Å². The molecule has 29 heavy (non-hydrogen) atoms. The summed E-state index contributed by atoms with van der Waals surface area (Å²) in [4.78, 5) is 14.0. The lowest BCUT2D eigenvalue weighted by Crippen LogP contribution is -3.09. The molecule has 1 N–H and O–H groups in total. The first-order chi connectivity index (χ1) is 14.0. The molecule has 0 aliphatic carbocycles. The number of benzene rings is 3. The number of halogens is 3. The lowest BCUT2D eigenvalue weighted by atomic mass is 10.1. The van der Waals surface area contributed by atoms with E-state index >= 15 is 0 Å². The van der Waals surface area contributed by atoms with E-state index < -0.39 is 0 Å². The maximum Gasteiger partial charge on any atom is 0.339 e. The minimum Gasteiger partial charge on any atom is -0.456 e. The third kappa shape index (κ3) is 7.18. The fraction of sp³-hybridized carbons (Fsp3) is 0.174. The molecule has 0 aliphatic rings. The highest BCUT2D eigenvalue weighted by Crippen LogP contribution is 2.23. The van der Waals surface area contributed by atoms with Gasteiger partial charge < -0.3 is 9.64 Å². The van der Waals surface area contributed by atoms with E-state index in [1.54, 1.807) is 0 Å². The fourth-order valence-electron chi connectivity index (χ4n) is 3.08. The zero-order valence-electron chi connectivity index (χ0n) is 15.7. The summed E-state index contributed by atoms with van der Waals surface area (Å²) in [5.74, 6) is -0.246. The summed E-state index contributed by atoms with van der Waals surface area (Å²) in [7, 11) is 0. The van der Waals surface area contributed by atoms with E-state index in [0.29, 0.717) is 12.2 Å². The monoisotopic (exact) mass is 724 g/mol. The number of nitrogens with one attached hydrogen (secondary N) is 1. The van der Waals surface area contributed by atoms with Crippen molar-refractivity contribution in [2.24, 2.45) is 0 Å². The van der Waals surface area contributed by atoms with Gasteiger partial charge in [-0.05, 0) is 79.9 Å². The van der Waals surface area contributed by atoms with Gasteiger partial charge in [-0.15, -0.1) is 0 Å². The van der Waals surface area contributed by atoms with Crippen molar-refractivity contribution >= 4 is 73.7 Å². The first kappa shape index (κ1) is 23.0. The molecule has 3 rings (SSSR count). The Labute approximate surface area is 212 Å². The predicted molar refractivity (Wildman–Crippen MR) is 141 cm³/mol. The molecule has 0 fully saturated rings. The highest BCUT2D eigenvalue weighted by atomic mass is 127. The number of carbonyl (C=O) groups is 1. The van der Waals surface area contributed by atoms with Gasteiger partial charge in [0.05, 0.1) is 5.56 Å². The van der Waals surface area contributed by atoms with Crippen molar-refractivity contribution in [2.45, 2.75) is 13.1 Å². The highest BCUT2D eigenvalue weighted by Gasteiger charge is 2.17. The van der Waals surface area contributed by atoms with Gasteiger partial charge >= 0.3 is 5.97 Å². The molecule has 6 heteroatoms. The number of quaternary nitrogens is 1. The fourth-order valence-corrected chi connectivity index (χ4v) is 5.46. The Morgan fingerprint density at radius 3 is 1.93 bits per heavy atom. The summed E-state index contributed by atoms with van der Waals surface area (Å²) in [6.07, 6.45) is 0. The predicted octanol–water partition coefficient (Wildman–Crippen LogP) is 4.94. The number of hydrogen-bond acceptors (Lipinski definition) is 2. The first-order valence-electron chi connectivity index (χ1n) is 9.26. The molecule has 0 saturated carbocycles. The Morgan fingerprint density at radius 1 is 0.828 bits per heavy atom. The Morgan fingerprint density at radius 2 is 1.38 bits per heavy atom. The topological polar surface area (TPSA) is 30.7 Å². The average molecular weight is 724 g/mol. The molecule has 0 spiro atoms. The Balaban J connectivity index is 1.64. The maximum atomic E-state index is 12.6. The second-order valence-electron chi connectivity index (χ2n) is 6.71. The van der Waals surface area contributed by atoms with Crippen molar-refractivity contribution in [3.8, 4) is 0 Å². The van der Waals surface area contributed by atoms with Crippen molar-refractivity contribution in [1.82, 2.24) is 0 Å². The average Bonchev–Trinajstić information content (AvgIpc) is 2.72. The molecule has 3 nitrogen and oxygen atoms in total. The SMILES string of the molecule is O=C(OCC[NH+](Cc1ccccc1)Cc1ccccc1)c1cc(I)cc(I)c1I. The van der Waals surface area contributed by atoms with Crippen LogP contribution in [0.4, 0.5) is 0 Å². The van der Waals surface area contributed by atoms with Gasteiger partial charge in [0, 0.05) is 21.8 Å². The van der Waals surface area contributed by atoms with E-state index in [1.807, 2.05) is 18.2 Å². The maximum absolute atomic E-state index is 12.6. The lowest BCUT2D eigenvalue weighted by molar-refractivity contribution is -0.927. The summed E-state index contributed by atoms with van der Waals surface area (Å²) >= 11 is 6.71. The zero-order chi connectivity index (χ0) is 20.6. The van der Waals surface area contributed by atoms with E-state index in [4.69, 9.17) is 4.74 Å². The molecule has 3 aromatic rings. The number of rotatable bonds is 8. The Kier molecular flexibility index (Phi) is 9.19. The van der Waals surface area contributed by atoms with E-state index in [9.17, 15) is 4.79 Å². The van der Waals surface area contributed by atoms with E-state index in [-0.39, 0.29) is 5.97 Å². The molecule has 0 unspecified atom stereocenters. The number of carbonyl (C=O) groups excluding carboxylic acids is 1. The second kappa shape index (κ2) is 11.6. The molecule has 3 aromatic carbocycles. The van der Waals surface area contributed by atoms with Crippen molar-refractivity contribution in [1.29, 1.82) is 0 Å². The molecule has 0 bridgehead atoms. The molecule has 0 atom stereocenters. The van der Waals surface area contributed by atoms with Gasteiger partial charge in [0.15, 0.2) is 0 Å². The van der Waals surface area contributed by atoms with Crippen LogP contribution in [-0.4, -0.2) is 19.1 Å². The molecule has 0 heterocycles. The van der Waals surface area contributed by atoms with Crippen LogP contribution in [0.15, 0.2) is 72.8 Å². The summed E-state index contributed by atoms with van der Waals surface area (Å²) in [6.45, 7) is 2.94. The van der Waals surface area contributed by atoms with Crippen LogP contribution in [0.25, 0.3) is 0 Å². The van der Waals surface area contributed by atoms with Gasteiger partial charge in [-0.25, -0.2) is 4.79 Å². The summed E-state index contributed by atoms with van der Waals surface area (Å²) in [6, 6.07) is 24.9. The van der Waals surface area contributed by atoms with E-state index in [1.165, 1.54) is 16.0 Å². The molecule has 0 amide bonds. The summed E-state index contributed by atoms with van der Waals surface area (Å²) in [5, 5.41) is 0. The smallest absolute Gasteiger partial charge is 0.339 e. The quantitative estimate of drug-likeness (QED) is 0.203. The summed E-state index contributed by atoms with van der Waals surface area (Å²) in [5.41, 5.74) is 3.22. The first-order valence-corrected chi connectivity index (χ1v) is 12.5. The lowest BCUT2D eigenvalue weighted by Gasteiger charge is -2.20. The number of ether oxygens (including phenoxy) is 1. The molecule has 150 valence electrons. The molecule has 0 aromatic heterocycles. The minimum absolute atomic E-state index is 0.246. The van der Waals surface area contributed by atoms with Gasteiger partial charge in [-0.3, -0.25) is 0 Å². The number of hydrogen-bond donors (Lipinski definition) is 1. The standard InChI is InChI=1S/C23H20I3NO2/c24-19-13-20(22(26)21(25)14-19)23(28)29-12-11-27(15-17-7-3-1-4-8-17)16-18-9-5-2-6-10-18/h1-10,13-14H,11-12,15-16H2/p+1. The van der Waals surface area contributed by atoms with E-state index in [0.717, 1.165) is 30.3 Å². The van der Waals surface area contributed by atoms with Gasteiger partial charge in [-0.2, -0.15) is 0 Å². The molecule has 0 radical (unpaired) electrons. The zero-order valence-corrected chi connectivity index (χ0v) is 22.2. The van der Waals surface area contributed by atoms with Gasteiger partial charge in [0.1, 0.15) is 26.2 Å². The van der Waals surface area contributed by atoms with Crippen LogP contribution in [0.2, 0.25) is 0 Å². The Bertz CT molecular complexity index is 908. The third-order valence-electron chi connectivity index (χ3n) is 4.50. The number of esters is 1. The second-order valence-corrected chi connectivity index (χ2v) is 10.2. The highest BCUT2D eigenvalue weighted by molar-refractivity contribution is 14.1. The molecular formula is C23H21I3NO2+. The van der Waals surface area contributed by atoms with Gasteiger partial charge in [0.25, 0.3) is 0 Å². The minimum atomic E-state index is -0.246. The normalized spacial score (nSPS) is 10.9. The van der Waals surface area contributed by atoms with Crippen LogP contribution >= 0.6 is 67.8 Å². The van der Waals surface area contributed by atoms with Crippen molar-refractivity contribution in [2.75, 3.05) is 13.2 Å². The van der Waals surface area contributed by atoms with Crippen molar-refractivity contribution in [3.63, 3.8) is 0 Å². The van der Waals surface area contributed by atoms with Crippen LogP contribution in [-0.2, 0) is 17.8 Å². The van der Waals surface area contributed by atoms with Crippen LogP contribution in [0.5, 0.6) is 0 Å². The van der Waals surface area contributed by atoms with Crippen LogP contribution in [0.1, 0.15) is 21.5 Å². The van der Waals surface area contributed by atoms with Crippen molar-refractivity contribution in [3.05, 3.63) is 100 Å². The van der Waals surface area contributed by atoms with Crippen LogP contribution in [0, 0.1) is 10.7 Å². The largest absolute Gasteiger partial charge is 0.456 e. The molecule has 0 aliphatic heterocycles. The van der Waals surface area contributed by atoms with Crippen LogP contribution < -0.4 is 4.90 Å². The Hall–Kier alpha value is -0.720. The van der Waals surface area contributed by atoms with Crippen molar-refractivity contribution < 1.29 is 14.4 Å². The third-order valence-corrected chi connectivity index (χ3v) is 8.16. The van der Waals surface area contributed by atoms with E-state index in [2.05, 4.69) is 122 Å². The molecule has 0 saturated heterocycles. The summed E-state index contributed by atoms with van der Waals surface area (Å²) < 4.78 is 8.72. The van der Waals surface area contributed by atoms with Gasteiger partial charge in [0.2, 0.25) is 0 Å². The van der Waals surface area contributed by atoms with Crippen LogP contribution in [0.3, 0.4) is 0 Å².